The van der Waals surface area contributed by atoms with E-state index in [1.807, 2.05) is 6.92 Å². The summed E-state index contributed by atoms with van der Waals surface area (Å²) in [6, 6.07) is 6.18. The Morgan fingerprint density at radius 2 is 2.00 bits per heavy atom. The van der Waals surface area contributed by atoms with Gasteiger partial charge in [-0.25, -0.2) is 4.39 Å². The molecule has 5 heteroatoms. The zero-order valence-electron chi connectivity index (χ0n) is 11.6. The van der Waals surface area contributed by atoms with Crippen molar-refractivity contribution in [3.63, 3.8) is 0 Å². The van der Waals surface area contributed by atoms with Crippen molar-refractivity contribution in [1.82, 2.24) is 10.6 Å². The molecule has 2 N–H and O–H groups in total. The number of halogens is 2. The summed E-state index contributed by atoms with van der Waals surface area (Å²) in [5.41, 5.74) is -0.0441. The van der Waals surface area contributed by atoms with E-state index in [2.05, 4.69) is 10.6 Å². The van der Waals surface area contributed by atoms with Gasteiger partial charge in [-0.05, 0) is 38.1 Å². The minimum atomic E-state index is -0.728. The van der Waals surface area contributed by atoms with E-state index in [1.165, 1.54) is 12.1 Å². The molecule has 0 saturated heterocycles. The minimum absolute atomic E-state index is 0. The molecule has 0 spiro atoms. The normalized spacial score (nSPS) is 10.7. The maximum Gasteiger partial charge on any atom is 0.230 e. The molecule has 0 radical (unpaired) electrons. The number of benzene rings is 1. The van der Waals surface area contributed by atoms with Gasteiger partial charge in [0.05, 0.1) is 5.41 Å². The third kappa shape index (κ3) is 5.17. The van der Waals surface area contributed by atoms with Crippen molar-refractivity contribution in [3.05, 3.63) is 35.6 Å². The Balaban J connectivity index is 0.00000324. The quantitative estimate of drug-likeness (QED) is 0.789. The maximum absolute atomic E-state index is 13.2. The van der Waals surface area contributed by atoms with Crippen molar-refractivity contribution in [2.45, 2.75) is 26.2 Å². The molecule has 0 aliphatic rings. The predicted molar refractivity (Wildman–Crippen MR) is 78.2 cm³/mol. The van der Waals surface area contributed by atoms with Crippen LogP contribution in [0.5, 0.6) is 0 Å². The largest absolute Gasteiger partial charge is 0.354 e. The van der Waals surface area contributed by atoms with E-state index in [4.69, 9.17) is 0 Å². The molecule has 0 aliphatic heterocycles. The van der Waals surface area contributed by atoms with Gasteiger partial charge in [0.25, 0.3) is 0 Å². The second-order valence-electron chi connectivity index (χ2n) is 4.74. The maximum atomic E-state index is 13.2. The van der Waals surface area contributed by atoms with Gasteiger partial charge in [0.15, 0.2) is 0 Å². The van der Waals surface area contributed by atoms with Gasteiger partial charge < -0.3 is 10.6 Å². The fourth-order valence-corrected chi connectivity index (χ4v) is 1.67. The van der Waals surface area contributed by atoms with Gasteiger partial charge in [0.1, 0.15) is 5.82 Å². The van der Waals surface area contributed by atoms with Gasteiger partial charge in [0, 0.05) is 13.1 Å². The number of hydrogen-bond donors (Lipinski definition) is 2. The van der Waals surface area contributed by atoms with Crippen LogP contribution in [0, 0.1) is 5.82 Å². The van der Waals surface area contributed by atoms with Crippen LogP contribution in [-0.4, -0.2) is 25.5 Å². The average molecular weight is 289 g/mol. The van der Waals surface area contributed by atoms with Crippen molar-refractivity contribution in [2.75, 3.05) is 19.6 Å². The number of carbonyl (C=O) groups is 1. The lowest BCUT2D eigenvalue weighted by Crippen LogP contribution is -2.42. The summed E-state index contributed by atoms with van der Waals surface area (Å²) in [6.45, 7) is 7.79. The van der Waals surface area contributed by atoms with Gasteiger partial charge >= 0.3 is 0 Å². The molecule has 0 unspecified atom stereocenters. The molecule has 1 amide bonds. The molecule has 0 saturated carbocycles. The van der Waals surface area contributed by atoms with Crippen molar-refractivity contribution < 1.29 is 9.18 Å². The first kappa shape index (κ1) is 17.9. The molecule has 1 aromatic rings. The van der Waals surface area contributed by atoms with Gasteiger partial charge in [-0.1, -0.05) is 19.1 Å². The summed E-state index contributed by atoms with van der Waals surface area (Å²) in [4.78, 5) is 12.1. The second kappa shape index (κ2) is 8.12. The molecule has 19 heavy (non-hydrogen) atoms. The first-order chi connectivity index (χ1) is 8.48. The lowest BCUT2D eigenvalue weighted by Gasteiger charge is -2.24. The van der Waals surface area contributed by atoms with Crippen molar-refractivity contribution >= 4 is 18.3 Å². The lowest BCUT2D eigenvalue weighted by atomic mass is 9.83. The molecule has 0 heterocycles. The van der Waals surface area contributed by atoms with Crippen LogP contribution in [0.4, 0.5) is 4.39 Å². The molecular formula is C14H22ClFN2O. The van der Waals surface area contributed by atoms with E-state index in [0.29, 0.717) is 12.1 Å². The van der Waals surface area contributed by atoms with Crippen molar-refractivity contribution in [1.29, 1.82) is 0 Å². The van der Waals surface area contributed by atoms with E-state index < -0.39 is 5.41 Å². The van der Waals surface area contributed by atoms with Gasteiger partial charge in [-0.3, -0.25) is 4.79 Å². The third-order valence-corrected chi connectivity index (χ3v) is 2.95. The van der Waals surface area contributed by atoms with Crippen LogP contribution in [0.25, 0.3) is 0 Å². The zero-order valence-corrected chi connectivity index (χ0v) is 12.4. The van der Waals surface area contributed by atoms with Crippen LogP contribution < -0.4 is 10.6 Å². The van der Waals surface area contributed by atoms with Crippen LogP contribution in [0.15, 0.2) is 24.3 Å². The Bertz CT molecular complexity index is 410. The van der Waals surface area contributed by atoms with E-state index >= 15 is 0 Å². The number of likely N-dealkylation sites (N-methyl/N-ethyl adjacent to an activating group) is 1. The summed E-state index contributed by atoms with van der Waals surface area (Å²) in [6.07, 6.45) is 0. The van der Waals surface area contributed by atoms with Crippen LogP contribution in [0.2, 0.25) is 0 Å². The zero-order chi connectivity index (χ0) is 13.6. The molecule has 0 atom stereocenters. The average Bonchev–Trinajstić information content (AvgIpc) is 2.34. The molecule has 1 rings (SSSR count). The number of rotatable bonds is 6. The minimum Gasteiger partial charge on any atom is -0.354 e. The second-order valence-corrected chi connectivity index (χ2v) is 4.74. The van der Waals surface area contributed by atoms with E-state index in [0.717, 1.165) is 13.1 Å². The van der Waals surface area contributed by atoms with E-state index in [1.54, 1.807) is 26.0 Å². The molecule has 0 aromatic heterocycles. The highest BCUT2D eigenvalue weighted by atomic mass is 35.5. The molecule has 0 fully saturated rings. The summed E-state index contributed by atoms with van der Waals surface area (Å²) in [5.74, 6) is -0.410. The molecule has 0 bridgehead atoms. The SMILES string of the molecule is CCNCCNC(=O)C(C)(C)c1cccc(F)c1.Cl. The Morgan fingerprint density at radius 3 is 2.58 bits per heavy atom. The lowest BCUT2D eigenvalue weighted by molar-refractivity contribution is -0.125. The highest BCUT2D eigenvalue weighted by Crippen LogP contribution is 2.23. The van der Waals surface area contributed by atoms with Crippen LogP contribution >= 0.6 is 12.4 Å². The first-order valence-electron chi connectivity index (χ1n) is 6.23. The summed E-state index contributed by atoms with van der Waals surface area (Å²) in [5, 5.41) is 5.98. The summed E-state index contributed by atoms with van der Waals surface area (Å²) >= 11 is 0. The van der Waals surface area contributed by atoms with Crippen LogP contribution in [0.3, 0.4) is 0 Å². The van der Waals surface area contributed by atoms with E-state index in [-0.39, 0.29) is 24.1 Å². The molecule has 3 nitrogen and oxygen atoms in total. The molecular weight excluding hydrogens is 267 g/mol. The molecule has 1 aromatic carbocycles. The Labute approximate surface area is 120 Å². The monoisotopic (exact) mass is 288 g/mol. The number of nitrogens with one attached hydrogen (secondary N) is 2. The van der Waals surface area contributed by atoms with Gasteiger partial charge in [0.2, 0.25) is 5.91 Å². The highest BCUT2D eigenvalue weighted by molar-refractivity contribution is 5.87. The Hall–Kier alpha value is -1.13. The van der Waals surface area contributed by atoms with Crippen molar-refractivity contribution in [3.8, 4) is 0 Å². The fraction of sp³-hybridized carbons (Fsp3) is 0.500. The Morgan fingerprint density at radius 1 is 1.32 bits per heavy atom. The summed E-state index contributed by atoms with van der Waals surface area (Å²) in [7, 11) is 0. The number of amides is 1. The van der Waals surface area contributed by atoms with Gasteiger partial charge in [-0.15, -0.1) is 12.4 Å². The van der Waals surface area contributed by atoms with E-state index in [9.17, 15) is 9.18 Å². The predicted octanol–water partition coefficient (Wildman–Crippen LogP) is 2.25. The topological polar surface area (TPSA) is 41.1 Å². The van der Waals surface area contributed by atoms with Crippen LogP contribution in [0.1, 0.15) is 26.3 Å². The van der Waals surface area contributed by atoms with Crippen molar-refractivity contribution in [2.24, 2.45) is 0 Å². The smallest absolute Gasteiger partial charge is 0.230 e. The number of hydrogen-bond acceptors (Lipinski definition) is 2. The third-order valence-electron chi connectivity index (χ3n) is 2.95. The molecule has 108 valence electrons. The Kier molecular flexibility index (Phi) is 7.64. The highest BCUT2D eigenvalue weighted by Gasteiger charge is 2.29. The van der Waals surface area contributed by atoms with Crippen LogP contribution in [-0.2, 0) is 10.2 Å². The summed E-state index contributed by atoms with van der Waals surface area (Å²) < 4.78 is 13.2. The standard InChI is InChI=1S/C14H21FN2O.ClH/c1-4-16-8-9-17-13(18)14(2,3)11-6-5-7-12(15)10-11;/h5-7,10,16H,4,8-9H2,1-3H3,(H,17,18);1H. The first-order valence-corrected chi connectivity index (χ1v) is 6.23. The molecule has 0 aliphatic carbocycles. The van der Waals surface area contributed by atoms with Gasteiger partial charge in [-0.2, -0.15) is 0 Å². The fourth-order valence-electron chi connectivity index (χ4n) is 1.67. The number of carbonyl (C=O) groups excluding carboxylic acids is 1.